The lowest BCUT2D eigenvalue weighted by molar-refractivity contribution is -0.0133. The maximum Gasteiger partial charge on any atom is 0.294 e. The van der Waals surface area contributed by atoms with Crippen LogP contribution in [0.5, 0.6) is 0 Å². The van der Waals surface area contributed by atoms with E-state index in [1.165, 1.54) is 36.4 Å². The van der Waals surface area contributed by atoms with E-state index >= 15 is 0 Å². The molecule has 13 heteroatoms. The summed E-state index contributed by atoms with van der Waals surface area (Å²) >= 11 is 0. The molecule has 4 aromatic rings. The molecule has 4 rings (SSSR count). The Morgan fingerprint density at radius 3 is 2.28 bits per heavy atom. The van der Waals surface area contributed by atoms with Gasteiger partial charge in [-0.25, -0.2) is 32.8 Å². The van der Waals surface area contributed by atoms with Gasteiger partial charge in [-0.15, -0.1) is 0 Å². The molecule has 0 saturated carbocycles. The average Bonchev–Trinajstić information content (AvgIpc) is 3.31. The van der Waals surface area contributed by atoms with Gasteiger partial charge in [-0.2, -0.15) is 13.5 Å². The van der Waals surface area contributed by atoms with Crippen LogP contribution in [0.3, 0.4) is 0 Å². The number of nitrogens with zero attached hydrogens (tertiary/aromatic N) is 5. The number of benzene rings is 2. The lowest BCUT2D eigenvalue weighted by Gasteiger charge is -2.34. The van der Waals surface area contributed by atoms with Crippen LogP contribution in [0.25, 0.3) is 0 Å². The average molecular weight is 522 g/mol. The largest absolute Gasteiger partial charge is 0.382 e. The quantitative estimate of drug-likeness (QED) is 0.369. The fourth-order valence-electron chi connectivity index (χ4n) is 3.43. The fraction of sp³-hybridized carbons (Fsp3) is 0.217. The normalized spacial score (nSPS) is 13.9. The molecule has 190 valence electrons. The fourth-order valence-corrected chi connectivity index (χ4v) is 3.91. The second-order valence-corrected chi connectivity index (χ2v) is 9.33. The van der Waals surface area contributed by atoms with Gasteiger partial charge in [0.15, 0.2) is 5.82 Å². The lowest BCUT2D eigenvalue weighted by Crippen LogP contribution is -2.39. The Labute approximate surface area is 205 Å². The van der Waals surface area contributed by atoms with Gasteiger partial charge in [-0.05, 0) is 25.1 Å². The molecule has 2 atom stereocenters. The minimum absolute atomic E-state index is 0.0666. The van der Waals surface area contributed by atoms with E-state index in [-0.39, 0.29) is 22.7 Å². The summed E-state index contributed by atoms with van der Waals surface area (Å²) in [5.41, 5.74) is -1.30. The maximum absolute atomic E-state index is 14.4. The zero-order valence-electron chi connectivity index (χ0n) is 19.1. The zero-order valence-corrected chi connectivity index (χ0v) is 19.9. The van der Waals surface area contributed by atoms with Crippen molar-refractivity contribution in [3.8, 4) is 0 Å². The molecule has 0 aliphatic rings. The molecular formula is C23H22F3N5O4S. The van der Waals surface area contributed by atoms with Crippen LogP contribution in [0.2, 0.25) is 0 Å². The van der Waals surface area contributed by atoms with Crippen molar-refractivity contribution in [2.45, 2.75) is 36.8 Å². The summed E-state index contributed by atoms with van der Waals surface area (Å²) in [6.45, 7) is 3.10. The van der Waals surface area contributed by atoms with E-state index in [0.29, 0.717) is 6.07 Å². The summed E-state index contributed by atoms with van der Waals surface area (Å²) in [4.78, 5) is 11.1. The number of aliphatic hydroxyl groups is 1. The van der Waals surface area contributed by atoms with Crippen LogP contribution in [0.15, 0.2) is 72.5 Å². The second kappa shape index (κ2) is 10.9. The first-order chi connectivity index (χ1) is 16.9. The van der Waals surface area contributed by atoms with Crippen LogP contribution in [-0.2, 0) is 22.3 Å². The third-order valence-corrected chi connectivity index (χ3v) is 6.28. The van der Waals surface area contributed by atoms with Crippen molar-refractivity contribution in [3.05, 3.63) is 102 Å². The molecule has 0 saturated heterocycles. The minimum Gasteiger partial charge on any atom is -0.382 e. The van der Waals surface area contributed by atoms with Crippen molar-refractivity contribution in [2.24, 2.45) is 0 Å². The van der Waals surface area contributed by atoms with E-state index in [2.05, 4.69) is 20.1 Å². The molecule has 0 aliphatic heterocycles. The molecule has 2 N–H and O–H groups in total. The Morgan fingerprint density at radius 2 is 1.72 bits per heavy atom. The van der Waals surface area contributed by atoms with Crippen LogP contribution < -0.4 is 0 Å². The second-order valence-electron chi connectivity index (χ2n) is 7.91. The summed E-state index contributed by atoms with van der Waals surface area (Å²) in [7, 11) is -4.02. The van der Waals surface area contributed by atoms with Crippen molar-refractivity contribution in [2.75, 3.05) is 0 Å². The summed E-state index contributed by atoms with van der Waals surface area (Å²) in [5, 5.41) is 15.2. The maximum atomic E-state index is 14.4. The third-order valence-electron chi connectivity index (χ3n) is 5.41. The topological polar surface area (TPSA) is 131 Å². The van der Waals surface area contributed by atoms with Gasteiger partial charge in [-0.3, -0.25) is 4.55 Å². The third kappa shape index (κ3) is 6.30. The van der Waals surface area contributed by atoms with Gasteiger partial charge in [0.05, 0.1) is 23.3 Å². The standard InChI is InChI=1S/C16H14F3N5O.C7H8O3S/c1-10(15-14(19)5-20-7-22-15)16(25,6-24-9-21-8-23-24)12-3-2-11(17)4-13(12)18;1-6-2-4-7(5-3-6)11(8,9)10/h2-5,7-10,25H,6H2,1H3;2-5H,1H3,(H,8,9,10)/t10-,16+;/m0./s1. The van der Waals surface area contributed by atoms with Gasteiger partial charge >= 0.3 is 0 Å². The molecule has 0 radical (unpaired) electrons. The Bertz CT molecular complexity index is 1420. The Kier molecular flexibility index (Phi) is 8.17. The first-order valence-corrected chi connectivity index (χ1v) is 11.9. The molecule has 9 nitrogen and oxygen atoms in total. The first-order valence-electron chi connectivity index (χ1n) is 10.4. The SMILES string of the molecule is C[C@@H](c1ncncc1F)[C@](O)(Cn1cncn1)c1ccc(F)cc1F.Cc1ccc(S(=O)(=O)O)cc1. The molecule has 2 aromatic heterocycles. The summed E-state index contributed by atoms with van der Waals surface area (Å²) < 4.78 is 72.6. The van der Waals surface area contributed by atoms with E-state index in [0.717, 1.165) is 30.2 Å². The predicted molar refractivity (Wildman–Crippen MR) is 122 cm³/mol. The molecule has 0 unspecified atom stereocenters. The van der Waals surface area contributed by atoms with E-state index in [9.17, 15) is 26.7 Å². The molecular weight excluding hydrogens is 499 g/mol. The Balaban J connectivity index is 0.000000275. The van der Waals surface area contributed by atoms with Gasteiger partial charge in [0.2, 0.25) is 0 Å². The number of rotatable bonds is 6. The number of aryl methyl sites for hydroxylation is 1. The molecule has 0 bridgehead atoms. The van der Waals surface area contributed by atoms with Crippen LogP contribution in [-0.4, -0.2) is 42.8 Å². The van der Waals surface area contributed by atoms with Crippen molar-refractivity contribution in [3.63, 3.8) is 0 Å². The van der Waals surface area contributed by atoms with Crippen LogP contribution >= 0.6 is 0 Å². The predicted octanol–water partition coefficient (Wildman–Crippen LogP) is 3.42. The van der Waals surface area contributed by atoms with E-state index in [4.69, 9.17) is 4.55 Å². The number of halogens is 3. The van der Waals surface area contributed by atoms with E-state index in [1.54, 1.807) is 12.1 Å². The smallest absolute Gasteiger partial charge is 0.294 e. The number of hydrogen-bond donors (Lipinski definition) is 2. The van der Waals surface area contributed by atoms with Crippen molar-refractivity contribution < 1.29 is 31.2 Å². The minimum atomic E-state index is -4.02. The van der Waals surface area contributed by atoms with Gasteiger partial charge in [0.1, 0.15) is 36.2 Å². The zero-order chi connectivity index (χ0) is 26.5. The highest BCUT2D eigenvalue weighted by Gasteiger charge is 2.41. The molecule has 0 amide bonds. The Hall–Kier alpha value is -3.68. The van der Waals surface area contributed by atoms with Gasteiger partial charge in [0, 0.05) is 17.5 Å². The molecule has 2 heterocycles. The summed E-state index contributed by atoms with van der Waals surface area (Å²) in [6.07, 6.45) is 4.66. The van der Waals surface area contributed by atoms with Crippen molar-refractivity contribution in [1.29, 1.82) is 0 Å². The van der Waals surface area contributed by atoms with Crippen LogP contribution in [0.1, 0.15) is 29.7 Å². The molecule has 0 fully saturated rings. The molecule has 36 heavy (non-hydrogen) atoms. The summed E-state index contributed by atoms with van der Waals surface area (Å²) in [5.74, 6) is -3.47. The van der Waals surface area contributed by atoms with Gasteiger partial charge in [-0.1, -0.05) is 30.7 Å². The lowest BCUT2D eigenvalue weighted by atomic mass is 9.79. The van der Waals surface area contributed by atoms with Crippen LogP contribution in [0, 0.1) is 24.4 Å². The molecule has 0 spiro atoms. The highest BCUT2D eigenvalue weighted by atomic mass is 32.2. The highest BCUT2D eigenvalue weighted by Crippen LogP contribution is 2.39. The number of aromatic nitrogens is 5. The summed E-state index contributed by atoms with van der Waals surface area (Å²) in [6, 6.07) is 8.79. The first kappa shape index (κ1) is 26.9. The van der Waals surface area contributed by atoms with E-state index in [1.807, 2.05) is 6.92 Å². The monoisotopic (exact) mass is 521 g/mol. The van der Waals surface area contributed by atoms with E-state index < -0.39 is 39.1 Å². The van der Waals surface area contributed by atoms with Gasteiger partial charge in [0.25, 0.3) is 10.1 Å². The van der Waals surface area contributed by atoms with Crippen LogP contribution in [0.4, 0.5) is 13.2 Å². The Morgan fingerprint density at radius 1 is 1.03 bits per heavy atom. The van der Waals surface area contributed by atoms with Gasteiger partial charge < -0.3 is 5.11 Å². The highest BCUT2D eigenvalue weighted by molar-refractivity contribution is 7.85. The number of hydrogen-bond acceptors (Lipinski definition) is 7. The molecule has 0 aliphatic carbocycles. The van der Waals surface area contributed by atoms with Crippen molar-refractivity contribution >= 4 is 10.1 Å². The van der Waals surface area contributed by atoms with Crippen molar-refractivity contribution in [1.82, 2.24) is 24.7 Å². The molecule has 2 aromatic carbocycles.